The Bertz CT molecular complexity index is 218. The summed E-state index contributed by atoms with van der Waals surface area (Å²) in [6.07, 6.45) is 8.02. The van der Waals surface area contributed by atoms with Crippen molar-refractivity contribution in [2.75, 3.05) is 19.8 Å². The van der Waals surface area contributed by atoms with Crippen molar-refractivity contribution in [3.63, 3.8) is 0 Å². The average molecular weight is 241 g/mol. The van der Waals surface area contributed by atoms with Gasteiger partial charge >= 0.3 is 0 Å². The molecule has 1 saturated heterocycles. The van der Waals surface area contributed by atoms with Crippen LogP contribution in [0, 0.1) is 5.92 Å². The van der Waals surface area contributed by atoms with E-state index in [2.05, 4.69) is 12.2 Å². The Morgan fingerprint density at radius 2 is 2.00 bits per heavy atom. The van der Waals surface area contributed by atoms with E-state index in [-0.39, 0.29) is 0 Å². The van der Waals surface area contributed by atoms with Gasteiger partial charge in [0.2, 0.25) is 0 Å². The maximum absolute atomic E-state index is 10.5. The molecule has 0 spiro atoms. The van der Waals surface area contributed by atoms with Crippen LogP contribution in [-0.4, -0.2) is 36.5 Å². The number of ether oxygens (including phenoxy) is 1. The van der Waals surface area contributed by atoms with Crippen LogP contribution in [0.3, 0.4) is 0 Å². The first-order valence-corrected chi connectivity index (χ1v) is 7.23. The van der Waals surface area contributed by atoms with Crippen LogP contribution in [0.25, 0.3) is 0 Å². The molecule has 2 fully saturated rings. The minimum absolute atomic E-state index is 0.454. The summed E-state index contributed by atoms with van der Waals surface area (Å²) < 4.78 is 5.41. The molecule has 0 aromatic rings. The van der Waals surface area contributed by atoms with E-state index in [4.69, 9.17) is 4.74 Å². The lowest BCUT2D eigenvalue weighted by molar-refractivity contribution is 0.0211. The molecule has 0 amide bonds. The van der Waals surface area contributed by atoms with Crippen LogP contribution >= 0.6 is 0 Å². The summed E-state index contributed by atoms with van der Waals surface area (Å²) in [7, 11) is 0. The van der Waals surface area contributed by atoms with E-state index in [1.807, 2.05) is 0 Å². The van der Waals surface area contributed by atoms with Gasteiger partial charge in [0.1, 0.15) is 0 Å². The topological polar surface area (TPSA) is 41.5 Å². The second-order valence-corrected chi connectivity index (χ2v) is 5.93. The van der Waals surface area contributed by atoms with E-state index in [0.717, 1.165) is 39.0 Å². The van der Waals surface area contributed by atoms with Crippen LogP contribution in [0.1, 0.15) is 51.9 Å². The van der Waals surface area contributed by atoms with Gasteiger partial charge in [0.25, 0.3) is 0 Å². The van der Waals surface area contributed by atoms with Gasteiger partial charge < -0.3 is 15.2 Å². The monoisotopic (exact) mass is 241 g/mol. The third-order valence-corrected chi connectivity index (χ3v) is 4.46. The summed E-state index contributed by atoms with van der Waals surface area (Å²) in [6, 6.07) is 0.463. The largest absolute Gasteiger partial charge is 0.389 e. The standard InChI is InChI=1S/C14H27NO2/c1-12(13-6-9-17-10-13)15-11-14(16)7-4-2-3-5-8-14/h12-13,15-16H,2-11H2,1H3. The SMILES string of the molecule is CC(NCC1(O)CCCCCC1)C1CCOC1. The second-order valence-electron chi connectivity index (χ2n) is 5.93. The molecule has 1 heterocycles. The zero-order valence-corrected chi connectivity index (χ0v) is 11.1. The predicted octanol–water partition coefficient (Wildman–Crippen LogP) is 2.09. The summed E-state index contributed by atoms with van der Waals surface area (Å²) in [6.45, 7) is 4.76. The third kappa shape index (κ3) is 3.94. The minimum atomic E-state index is -0.454. The Morgan fingerprint density at radius 3 is 2.59 bits per heavy atom. The highest BCUT2D eigenvalue weighted by Crippen LogP contribution is 2.27. The van der Waals surface area contributed by atoms with Crippen molar-refractivity contribution in [2.45, 2.75) is 63.5 Å². The molecule has 0 aromatic heterocycles. The summed E-state index contributed by atoms with van der Waals surface area (Å²) in [5, 5.41) is 14.1. The lowest BCUT2D eigenvalue weighted by Crippen LogP contribution is -2.45. The molecule has 3 heteroatoms. The molecule has 0 bridgehead atoms. The number of rotatable bonds is 4. The van der Waals surface area contributed by atoms with E-state index >= 15 is 0 Å². The smallest absolute Gasteiger partial charge is 0.0771 e. The first-order chi connectivity index (χ1) is 8.20. The van der Waals surface area contributed by atoms with Crippen LogP contribution in [0.5, 0.6) is 0 Å². The molecule has 2 atom stereocenters. The Balaban J connectivity index is 1.75. The molecule has 100 valence electrons. The number of hydrogen-bond acceptors (Lipinski definition) is 3. The van der Waals surface area contributed by atoms with Gasteiger partial charge in [0, 0.05) is 19.2 Å². The van der Waals surface area contributed by atoms with Gasteiger partial charge in [-0.3, -0.25) is 0 Å². The maximum Gasteiger partial charge on any atom is 0.0771 e. The molecule has 1 aliphatic carbocycles. The van der Waals surface area contributed by atoms with Crippen molar-refractivity contribution < 1.29 is 9.84 Å². The fourth-order valence-electron chi connectivity index (χ4n) is 3.03. The summed E-state index contributed by atoms with van der Waals surface area (Å²) in [5.41, 5.74) is -0.454. The predicted molar refractivity (Wildman–Crippen MR) is 69.0 cm³/mol. The van der Waals surface area contributed by atoms with E-state index < -0.39 is 5.60 Å². The number of aliphatic hydroxyl groups is 1. The van der Waals surface area contributed by atoms with Crippen LogP contribution in [-0.2, 0) is 4.74 Å². The highest BCUT2D eigenvalue weighted by Gasteiger charge is 2.30. The van der Waals surface area contributed by atoms with Gasteiger partial charge in [0.05, 0.1) is 12.2 Å². The third-order valence-electron chi connectivity index (χ3n) is 4.46. The van der Waals surface area contributed by atoms with Crippen molar-refractivity contribution in [1.82, 2.24) is 5.32 Å². The molecular formula is C14H27NO2. The van der Waals surface area contributed by atoms with Crippen LogP contribution in [0.15, 0.2) is 0 Å². The molecule has 2 N–H and O–H groups in total. The lowest BCUT2D eigenvalue weighted by Gasteiger charge is -2.30. The Kier molecular flexibility index (Phi) is 4.83. The van der Waals surface area contributed by atoms with Crippen LogP contribution in [0.4, 0.5) is 0 Å². The molecule has 1 aliphatic heterocycles. The highest BCUT2D eigenvalue weighted by atomic mass is 16.5. The van der Waals surface area contributed by atoms with E-state index in [9.17, 15) is 5.11 Å². The second kappa shape index (κ2) is 6.17. The molecule has 0 radical (unpaired) electrons. The molecule has 17 heavy (non-hydrogen) atoms. The van der Waals surface area contributed by atoms with Gasteiger partial charge in [-0.1, -0.05) is 25.7 Å². The maximum atomic E-state index is 10.5. The van der Waals surface area contributed by atoms with E-state index in [1.54, 1.807) is 0 Å². The first kappa shape index (κ1) is 13.3. The van der Waals surface area contributed by atoms with Gasteiger partial charge in [-0.2, -0.15) is 0 Å². The molecule has 3 nitrogen and oxygen atoms in total. The van der Waals surface area contributed by atoms with Gasteiger partial charge in [-0.15, -0.1) is 0 Å². The quantitative estimate of drug-likeness (QED) is 0.741. The summed E-state index contributed by atoms with van der Waals surface area (Å²) in [5.74, 6) is 0.629. The van der Waals surface area contributed by atoms with Crippen molar-refractivity contribution in [3.05, 3.63) is 0 Å². The van der Waals surface area contributed by atoms with Crippen molar-refractivity contribution in [1.29, 1.82) is 0 Å². The first-order valence-electron chi connectivity index (χ1n) is 7.23. The van der Waals surface area contributed by atoms with Crippen LogP contribution in [0.2, 0.25) is 0 Å². The summed E-state index contributed by atoms with van der Waals surface area (Å²) >= 11 is 0. The lowest BCUT2D eigenvalue weighted by atomic mass is 9.93. The Morgan fingerprint density at radius 1 is 1.29 bits per heavy atom. The Hall–Kier alpha value is -0.120. The van der Waals surface area contributed by atoms with Crippen molar-refractivity contribution in [3.8, 4) is 0 Å². The molecular weight excluding hydrogens is 214 g/mol. The number of nitrogens with one attached hydrogen (secondary N) is 1. The fraction of sp³-hybridized carbons (Fsp3) is 1.00. The van der Waals surface area contributed by atoms with Crippen molar-refractivity contribution in [2.24, 2.45) is 5.92 Å². The normalized spacial score (nSPS) is 31.1. The molecule has 1 saturated carbocycles. The van der Waals surface area contributed by atoms with Crippen molar-refractivity contribution >= 4 is 0 Å². The molecule has 0 aromatic carbocycles. The number of hydrogen-bond donors (Lipinski definition) is 2. The van der Waals surface area contributed by atoms with Crippen LogP contribution < -0.4 is 5.32 Å². The highest BCUT2D eigenvalue weighted by molar-refractivity contribution is 4.86. The molecule has 2 rings (SSSR count). The zero-order valence-electron chi connectivity index (χ0n) is 11.1. The average Bonchev–Trinajstić information content (AvgIpc) is 2.77. The van der Waals surface area contributed by atoms with Gasteiger partial charge in [-0.25, -0.2) is 0 Å². The Labute approximate surface area is 105 Å². The minimum Gasteiger partial charge on any atom is -0.389 e. The van der Waals surface area contributed by atoms with Gasteiger partial charge in [0.15, 0.2) is 0 Å². The fourth-order valence-corrected chi connectivity index (χ4v) is 3.03. The molecule has 2 aliphatic rings. The summed E-state index contributed by atoms with van der Waals surface area (Å²) in [4.78, 5) is 0. The zero-order chi connectivity index (χ0) is 12.1. The molecule has 2 unspecified atom stereocenters. The van der Waals surface area contributed by atoms with E-state index in [0.29, 0.717) is 12.0 Å². The van der Waals surface area contributed by atoms with Gasteiger partial charge in [-0.05, 0) is 32.1 Å². The van der Waals surface area contributed by atoms with E-state index in [1.165, 1.54) is 25.7 Å².